The Labute approximate surface area is 195 Å². The highest BCUT2D eigenvalue weighted by Gasteiger charge is 2.47. The first-order valence-corrected chi connectivity index (χ1v) is 10.2. The van der Waals surface area contributed by atoms with Crippen LogP contribution in [0, 0.1) is 0 Å². The Hall–Kier alpha value is -3.37. The van der Waals surface area contributed by atoms with E-state index >= 15 is 0 Å². The second-order valence-electron chi connectivity index (χ2n) is 7.13. The molecule has 12 heteroatoms. The molecule has 0 bridgehead atoms. The van der Waals surface area contributed by atoms with Gasteiger partial charge in [0.05, 0.1) is 16.5 Å². The number of anilines is 1. The Morgan fingerprint density at radius 2 is 1.91 bits per heavy atom. The van der Waals surface area contributed by atoms with Crippen molar-refractivity contribution in [3.63, 3.8) is 0 Å². The molecular formula is C21H15Cl2F3N6O. The van der Waals surface area contributed by atoms with Gasteiger partial charge in [0, 0.05) is 5.69 Å². The van der Waals surface area contributed by atoms with E-state index in [1.54, 1.807) is 12.2 Å². The first-order chi connectivity index (χ1) is 15.6. The van der Waals surface area contributed by atoms with Gasteiger partial charge in [0.2, 0.25) is 0 Å². The number of nitrogens with one attached hydrogen (secondary N) is 1. The molecule has 2 aromatic carbocycles. The smallest absolute Gasteiger partial charge is 0.351 e. The van der Waals surface area contributed by atoms with Gasteiger partial charge < -0.3 is 5.73 Å². The number of urea groups is 1. The molecule has 7 nitrogen and oxygen atoms in total. The summed E-state index contributed by atoms with van der Waals surface area (Å²) in [6, 6.07) is 11.2. The number of allylic oxidation sites excluding steroid dienone is 2. The Morgan fingerprint density at radius 3 is 2.52 bits per heavy atom. The number of aromatic amines is 1. The maximum Gasteiger partial charge on any atom is 0.417 e. The molecule has 1 heterocycles. The number of tetrazole rings is 1. The third-order valence-corrected chi connectivity index (χ3v) is 5.96. The van der Waals surface area contributed by atoms with Crippen molar-refractivity contribution in [2.45, 2.75) is 17.1 Å². The summed E-state index contributed by atoms with van der Waals surface area (Å²) in [4.78, 5) is 11.6. The van der Waals surface area contributed by atoms with Gasteiger partial charge in [0.15, 0.2) is 10.8 Å². The largest absolute Gasteiger partial charge is 0.417 e. The molecule has 4 rings (SSSR count). The van der Waals surface area contributed by atoms with E-state index in [4.69, 9.17) is 28.9 Å². The van der Waals surface area contributed by atoms with Crippen molar-refractivity contribution in [3.05, 3.63) is 88.7 Å². The number of halogens is 5. The summed E-state index contributed by atoms with van der Waals surface area (Å²) in [5.41, 5.74) is 5.85. The molecule has 0 fully saturated rings. The monoisotopic (exact) mass is 494 g/mol. The summed E-state index contributed by atoms with van der Waals surface area (Å²) in [5.74, 6) is -0.810. The SMILES string of the molecule is NC(=O)N(c1ccc(Cl)c(C(F)(F)F)c1)C1(Cl)C=CC(c2ccccc2)=CC1c1nn[nH]n1. The van der Waals surface area contributed by atoms with Gasteiger partial charge in [0.25, 0.3) is 0 Å². The Kier molecular flexibility index (Phi) is 5.89. The second-order valence-corrected chi connectivity index (χ2v) is 8.14. The highest BCUT2D eigenvalue weighted by Crippen LogP contribution is 2.46. The predicted molar refractivity (Wildman–Crippen MR) is 118 cm³/mol. The molecule has 0 spiro atoms. The van der Waals surface area contributed by atoms with Crippen LogP contribution in [0.3, 0.4) is 0 Å². The van der Waals surface area contributed by atoms with Gasteiger partial charge in [-0.25, -0.2) is 4.79 Å². The van der Waals surface area contributed by atoms with Gasteiger partial charge in [0.1, 0.15) is 0 Å². The van der Waals surface area contributed by atoms with E-state index in [0.717, 1.165) is 28.2 Å². The molecule has 0 radical (unpaired) electrons. The lowest BCUT2D eigenvalue weighted by atomic mass is 9.86. The first kappa shape index (κ1) is 22.8. The van der Waals surface area contributed by atoms with Crippen LogP contribution in [0.2, 0.25) is 5.02 Å². The molecule has 0 saturated carbocycles. The van der Waals surface area contributed by atoms with Crippen LogP contribution in [0.25, 0.3) is 5.57 Å². The van der Waals surface area contributed by atoms with Crippen LogP contribution in [0.4, 0.5) is 23.7 Å². The van der Waals surface area contributed by atoms with Crippen LogP contribution >= 0.6 is 23.2 Å². The number of H-pyrrole nitrogens is 1. The first-order valence-electron chi connectivity index (χ1n) is 9.46. The number of amides is 2. The minimum Gasteiger partial charge on any atom is -0.351 e. The van der Waals surface area contributed by atoms with Crippen LogP contribution in [0.15, 0.2) is 66.8 Å². The summed E-state index contributed by atoms with van der Waals surface area (Å²) >= 11 is 12.7. The summed E-state index contributed by atoms with van der Waals surface area (Å²) in [7, 11) is 0. The fourth-order valence-electron chi connectivity index (χ4n) is 3.62. The lowest BCUT2D eigenvalue weighted by molar-refractivity contribution is -0.137. The second kappa shape index (κ2) is 8.53. The zero-order valence-electron chi connectivity index (χ0n) is 16.6. The number of aromatic nitrogens is 4. The predicted octanol–water partition coefficient (Wildman–Crippen LogP) is 5.13. The quantitative estimate of drug-likeness (QED) is 0.387. The van der Waals surface area contributed by atoms with E-state index in [1.165, 1.54) is 12.1 Å². The fraction of sp³-hybridized carbons (Fsp3) is 0.143. The number of primary amides is 1. The summed E-state index contributed by atoms with van der Waals surface area (Å²) in [6.07, 6.45) is 0.0510. The number of nitrogens with two attached hydrogens (primary N) is 1. The van der Waals surface area contributed by atoms with Crippen LogP contribution in [0.5, 0.6) is 0 Å². The van der Waals surface area contributed by atoms with Crippen LogP contribution < -0.4 is 10.6 Å². The van der Waals surface area contributed by atoms with Gasteiger partial charge in [-0.05, 0) is 35.4 Å². The fourth-order valence-corrected chi connectivity index (χ4v) is 4.25. The van der Waals surface area contributed by atoms with Crippen molar-refractivity contribution in [2.75, 3.05) is 4.90 Å². The molecule has 33 heavy (non-hydrogen) atoms. The molecule has 0 aliphatic heterocycles. The minimum absolute atomic E-state index is 0.110. The van der Waals surface area contributed by atoms with E-state index in [-0.39, 0.29) is 11.5 Å². The molecule has 3 aromatic rings. The van der Waals surface area contributed by atoms with Crippen LogP contribution in [-0.4, -0.2) is 31.7 Å². The Morgan fingerprint density at radius 1 is 1.18 bits per heavy atom. The van der Waals surface area contributed by atoms with Gasteiger partial charge in [-0.15, -0.1) is 10.2 Å². The molecule has 0 saturated heterocycles. The van der Waals surface area contributed by atoms with E-state index in [2.05, 4.69) is 20.6 Å². The molecular weight excluding hydrogens is 480 g/mol. The van der Waals surface area contributed by atoms with E-state index in [0.29, 0.717) is 0 Å². The zero-order chi connectivity index (χ0) is 23.8. The number of hydrogen-bond acceptors (Lipinski definition) is 4. The van der Waals surface area contributed by atoms with Gasteiger partial charge >= 0.3 is 12.2 Å². The molecule has 2 amide bonds. The third-order valence-electron chi connectivity index (χ3n) is 5.10. The number of carbonyl (C=O) groups excluding carboxylic acids is 1. The van der Waals surface area contributed by atoms with Gasteiger partial charge in [-0.3, -0.25) is 4.90 Å². The number of carbonyl (C=O) groups is 1. The molecule has 1 aromatic heterocycles. The van der Waals surface area contributed by atoms with Crippen molar-refractivity contribution in [1.82, 2.24) is 20.6 Å². The van der Waals surface area contributed by atoms with Crippen molar-refractivity contribution >= 4 is 40.5 Å². The molecule has 1 aliphatic carbocycles. The lowest BCUT2D eigenvalue weighted by Crippen LogP contribution is -2.53. The standard InChI is InChI=1S/C21H15Cl2F3N6O/c22-17-7-6-14(11-15(17)21(24,25)26)32(19(27)33)20(23)9-8-13(12-4-2-1-3-5-12)10-16(20)18-28-30-31-29-18/h1-11,16H,(H2,27,33)(H,28,29,30,31). The van der Waals surface area contributed by atoms with Crippen LogP contribution in [-0.2, 0) is 6.18 Å². The number of hydrogen-bond donors (Lipinski definition) is 2. The molecule has 1 aliphatic rings. The normalized spacial score (nSPS) is 20.4. The molecule has 2 unspecified atom stereocenters. The summed E-state index contributed by atoms with van der Waals surface area (Å²) in [6.45, 7) is 0. The highest BCUT2D eigenvalue weighted by molar-refractivity contribution is 6.32. The van der Waals surface area contributed by atoms with Crippen molar-refractivity contribution in [1.29, 1.82) is 0 Å². The van der Waals surface area contributed by atoms with Gasteiger partial charge in [-0.1, -0.05) is 70.9 Å². The number of nitrogens with zero attached hydrogens (tertiary/aromatic N) is 4. The topological polar surface area (TPSA) is 101 Å². The number of rotatable bonds is 4. The maximum atomic E-state index is 13.5. The Balaban J connectivity index is 1.86. The average molecular weight is 495 g/mol. The average Bonchev–Trinajstić information content (AvgIpc) is 3.29. The molecule has 170 valence electrons. The highest BCUT2D eigenvalue weighted by atomic mass is 35.5. The van der Waals surface area contributed by atoms with Crippen molar-refractivity contribution in [3.8, 4) is 0 Å². The van der Waals surface area contributed by atoms with Crippen molar-refractivity contribution < 1.29 is 18.0 Å². The third kappa shape index (κ3) is 4.31. The lowest BCUT2D eigenvalue weighted by Gasteiger charge is -2.41. The maximum absolute atomic E-state index is 13.5. The minimum atomic E-state index is -4.76. The Bertz CT molecular complexity index is 1230. The number of alkyl halides is 4. The zero-order valence-corrected chi connectivity index (χ0v) is 18.1. The van der Waals surface area contributed by atoms with Crippen LogP contribution in [0.1, 0.15) is 22.9 Å². The van der Waals surface area contributed by atoms with E-state index in [1.807, 2.05) is 30.3 Å². The van der Waals surface area contributed by atoms with E-state index in [9.17, 15) is 18.0 Å². The molecule has 2 atom stereocenters. The van der Waals surface area contributed by atoms with Gasteiger partial charge in [-0.2, -0.15) is 18.4 Å². The summed E-state index contributed by atoms with van der Waals surface area (Å²) < 4.78 is 40.4. The number of benzene rings is 2. The van der Waals surface area contributed by atoms with Crippen molar-refractivity contribution in [2.24, 2.45) is 5.73 Å². The van der Waals surface area contributed by atoms with E-state index < -0.39 is 33.7 Å². The summed E-state index contributed by atoms with van der Waals surface area (Å²) in [5, 5.41) is 13.3. The molecule has 3 N–H and O–H groups in total.